The van der Waals surface area contributed by atoms with Crippen LogP contribution in [-0.4, -0.2) is 22.8 Å². The van der Waals surface area contributed by atoms with Crippen LogP contribution in [0.15, 0.2) is 42.5 Å². The van der Waals surface area contributed by atoms with E-state index in [1.807, 2.05) is 39.0 Å². The van der Waals surface area contributed by atoms with Gasteiger partial charge in [0.05, 0.1) is 10.2 Å². The van der Waals surface area contributed by atoms with Crippen molar-refractivity contribution in [3.63, 3.8) is 0 Å². The standard InChI is InChI=1S/C20H20FN3O2S/c1-11(2)17(23-18(25)13-5-7-14(21)8-6-13)19(26)24-20-22-15-9-4-12(3)10-16(15)27-20/h4-11,17H,1-3H3,(H,23,25)(H,22,24,26)/t17-/m0/s1. The first-order valence-corrected chi connectivity index (χ1v) is 9.39. The summed E-state index contributed by atoms with van der Waals surface area (Å²) in [5.41, 5.74) is 2.23. The van der Waals surface area contributed by atoms with Crippen molar-refractivity contribution in [3.05, 3.63) is 59.4 Å². The molecule has 2 N–H and O–H groups in total. The van der Waals surface area contributed by atoms with Gasteiger partial charge in [-0.05, 0) is 54.8 Å². The van der Waals surface area contributed by atoms with E-state index in [1.165, 1.54) is 35.6 Å². The average Bonchev–Trinajstić information content (AvgIpc) is 3.00. The number of halogens is 1. The quantitative estimate of drug-likeness (QED) is 0.693. The summed E-state index contributed by atoms with van der Waals surface area (Å²) in [4.78, 5) is 29.5. The van der Waals surface area contributed by atoms with Gasteiger partial charge in [-0.15, -0.1) is 0 Å². The van der Waals surface area contributed by atoms with E-state index in [4.69, 9.17) is 0 Å². The summed E-state index contributed by atoms with van der Waals surface area (Å²) in [5.74, 6) is -1.32. The van der Waals surface area contributed by atoms with Crippen LogP contribution in [0.3, 0.4) is 0 Å². The van der Waals surface area contributed by atoms with Gasteiger partial charge in [0.1, 0.15) is 11.9 Å². The van der Waals surface area contributed by atoms with E-state index in [9.17, 15) is 14.0 Å². The van der Waals surface area contributed by atoms with Crippen molar-refractivity contribution in [1.29, 1.82) is 0 Å². The Morgan fingerprint density at radius 2 is 1.81 bits per heavy atom. The average molecular weight is 385 g/mol. The molecule has 0 aliphatic heterocycles. The second-order valence-electron chi connectivity index (χ2n) is 6.68. The molecule has 0 spiro atoms. The number of nitrogens with zero attached hydrogens (tertiary/aromatic N) is 1. The Balaban J connectivity index is 1.74. The van der Waals surface area contributed by atoms with Crippen molar-refractivity contribution in [1.82, 2.24) is 10.3 Å². The molecule has 3 rings (SSSR count). The minimum absolute atomic E-state index is 0.133. The maximum absolute atomic E-state index is 13.0. The van der Waals surface area contributed by atoms with Gasteiger partial charge in [-0.25, -0.2) is 9.37 Å². The molecule has 140 valence electrons. The molecule has 2 aromatic carbocycles. The smallest absolute Gasteiger partial charge is 0.251 e. The SMILES string of the molecule is Cc1ccc2nc(NC(=O)[C@@H](NC(=O)c3ccc(F)cc3)C(C)C)sc2c1. The maximum Gasteiger partial charge on any atom is 0.251 e. The molecule has 5 nitrogen and oxygen atoms in total. The highest BCUT2D eigenvalue weighted by Crippen LogP contribution is 2.27. The normalized spacial score (nSPS) is 12.2. The molecular formula is C20H20FN3O2S. The minimum atomic E-state index is -0.740. The summed E-state index contributed by atoms with van der Waals surface area (Å²) < 4.78 is 14.0. The predicted octanol–water partition coefficient (Wildman–Crippen LogP) is 4.14. The molecule has 3 aromatic rings. The maximum atomic E-state index is 13.0. The van der Waals surface area contributed by atoms with E-state index < -0.39 is 17.8 Å². The van der Waals surface area contributed by atoms with E-state index in [0.29, 0.717) is 10.7 Å². The Morgan fingerprint density at radius 3 is 2.48 bits per heavy atom. The third kappa shape index (κ3) is 4.49. The summed E-state index contributed by atoms with van der Waals surface area (Å²) in [6.07, 6.45) is 0. The van der Waals surface area contributed by atoms with Gasteiger partial charge in [0.2, 0.25) is 5.91 Å². The largest absolute Gasteiger partial charge is 0.340 e. The lowest BCUT2D eigenvalue weighted by molar-refractivity contribution is -0.118. The number of rotatable bonds is 5. The van der Waals surface area contributed by atoms with Crippen molar-refractivity contribution in [2.24, 2.45) is 5.92 Å². The summed E-state index contributed by atoms with van der Waals surface area (Å²) >= 11 is 1.39. The van der Waals surface area contributed by atoms with Crippen LogP contribution < -0.4 is 10.6 Å². The summed E-state index contributed by atoms with van der Waals surface area (Å²) in [6.45, 7) is 5.69. The molecule has 0 bridgehead atoms. The Kier molecular flexibility index (Phi) is 5.51. The fourth-order valence-electron chi connectivity index (χ4n) is 2.63. The van der Waals surface area contributed by atoms with Crippen molar-refractivity contribution < 1.29 is 14.0 Å². The van der Waals surface area contributed by atoms with E-state index >= 15 is 0 Å². The molecule has 7 heteroatoms. The molecule has 0 aliphatic rings. The molecule has 0 aliphatic carbocycles. The first-order chi connectivity index (χ1) is 12.8. The molecule has 0 saturated carbocycles. The van der Waals surface area contributed by atoms with E-state index in [-0.39, 0.29) is 11.8 Å². The number of hydrogen-bond acceptors (Lipinski definition) is 4. The van der Waals surface area contributed by atoms with E-state index in [2.05, 4.69) is 15.6 Å². The summed E-state index contributed by atoms with van der Waals surface area (Å²) in [6, 6.07) is 10.3. The number of carbonyl (C=O) groups is 2. The number of thiazole rings is 1. The number of amides is 2. The number of benzene rings is 2. The number of nitrogens with one attached hydrogen (secondary N) is 2. The Morgan fingerprint density at radius 1 is 1.11 bits per heavy atom. The van der Waals surface area contributed by atoms with Crippen LogP contribution in [0.4, 0.5) is 9.52 Å². The third-order valence-electron chi connectivity index (χ3n) is 4.12. The summed E-state index contributed by atoms with van der Waals surface area (Å²) in [5, 5.41) is 6.00. The zero-order valence-corrected chi connectivity index (χ0v) is 16.1. The lowest BCUT2D eigenvalue weighted by atomic mass is 10.0. The monoisotopic (exact) mass is 385 g/mol. The van der Waals surface area contributed by atoms with Gasteiger partial charge in [0.25, 0.3) is 5.91 Å². The van der Waals surface area contributed by atoms with Gasteiger partial charge in [0.15, 0.2) is 5.13 Å². The zero-order valence-electron chi connectivity index (χ0n) is 15.2. The molecule has 27 heavy (non-hydrogen) atoms. The highest BCUT2D eigenvalue weighted by molar-refractivity contribution is 7.22. The number of aromatic nitrogens is 1. The molecule has 1 heterocycles. The van der Waals surface area contributed by atoms with Gasteiger partial charge in [-0.2, -0.15) is 0 Å². The number of carbonyl (C=O) groups excluding carboxylic acids is 2. The second kappa shape index (κ2) is 7.84. The van der Waals surface area contributed by atoms with Crippen LogP contribution in [0.2, 0.25) is 0 Å². The molecule has 0 saturated heterocycles. The van der Waals surface area contributed by atoms with Gasteiger partial charge in [-0.3, -0.25) is 9.59 Å². The molecular weight excluding hydrogens is 365 g/mol. The van der Waals surface area contributed by atoms with Gasteiger partial charge >= 0.3 is 0 Å². The second-order valence-corrected chi connectivity index (χ2v) is 7.71. The Bertz CT molecular complexity index is 983. The molecule has 0 fully saturated rings. The lowest BCUT2D eigenvalue weighted by Crippen LogP contribution is -2.47. The van der Waals surface area contributed by atoms with E-state index in [0.717, 1.165) is 15.8 Å². The predicted molar refractivity (Wildman–Crippen MR) is 105 cm³/mol. The molecule has 0 radical (unpaired) electrons. The highest BCUT2D eigenvalue weighted by Gasteiger charge is 2.25. The topological polar surface area (TPSA) is 71.1 Å². The fourth-order valence-corrected chi connectivity index (χ4v) is 3.60. The minimum Gasteiger partial charge on any atom is -0.340 e. The molecule has 1 aromatic heterocycles. The van der Waals surface area contributed by atoms with Crippen LogP contribution in [-0.2, 0) is 4.79 Å². The Hall–Kier alpha value is -2.80. The first-order valence-electron chi connectivity index (χ1n) is 8.58. The van der Waals surface area contributed by atoms with Crippen LogP contribution in [0.25, 0.3) is 10.2 Å². The van der Waals surface area contributed by atoms with Crippen LogP contribution in [0.1, 0.15) is 29.8 Å². The third-order valence-corrected chi connectivity index (χ3v) is 5.05. The van der Waals surface area contributed by atoms with Crippen molar-refractivity contribution in [2.75, 3.05) is 5.32 Å². The van der Waals surface area contributed by atoms with Crippen molar-refractivity contribution in [2.45, 2.75) is 26.8 Å². The van der Waals surface area contributed by atoms with E-state index in [1.54, 1.807) is 0 Å². The Labute approximate surface area is 160 Å². The number of anilines is 1. The molecule has 2 amide bonds. The number of hydrogen-bond donors (Lipinski definition) is 2. The fraction of sp³-hybridized carbons (Fsp3) is 0.250. The van der Waals surface area contributed by atoms with Crippen molar-refractivity contribution >= 4 is 38.5 Å². The van der Waals surface area contributed by atoms with Crippen LogP contribution >= 0.6 is 11.3 Å². The molecule has 1 atom stereocenters. The van der Waals surface area contributed by atoms with Crippen LogP contribution in [0.5, 0.6) is 0 Å². The van der Waals surface area contributed by atoms with Gasteiger partial charge in [-0.1, -0.05) is 31.3 Å². The highest BCUT2D eigenvalue weighted by atomic mass is 32.1. The van der Waals surface area contributed by atoms with Gasteiger partial charge < -0.3 is 10.6 Å². The lowest BCUT2D eigenvalue weighted by Gasteiger charge is -2.21. The zero-order chi connectivity index (χ0) is 19.6. The molecule has 0 unspecified atom stereocenters. The van der Waals surface area contributed by atoms with Gasteiger partial charge in [0, 0.05) is 5.56 Å². The summed E-state index contributed by atoms with van der Waals surface area (Å²) in [7, 11) is 0. The first kappa shape index (κ1) is 19.0. The number of aryl methyl sites for hydroxylation is 1. The van der Waals surface area contributed by atoms with Crippen molar-refractivity contribution in [3.8, 4) is 0 Å². The number of fused-ring (bicyclic) bond motifs is 1. The van der Waals surface area contributed by atoms with Crippen LogP contribution in [0, 0.1) is 18.7 Å².